The van der Waals surface area contributed by atoms with Crippen LogP contribution in [0.5, 0.6) is 0 Å². The highest BCUT2D eigenvalue weighted by Gasteiger charge is 2.16. The molecule has 6 aromatic carbocycles. The van der Waals surface area contributed by atoms with E-state index in [0.717, 1.165) is 55.4 Å². The highest BCUT2D eigenvalue weighted by atomic mass is 15.0. The van der Waals surface area contributed by atoms with Crippen LogP contribution >= 0.6 is 0 Å². The number of pyridine rings is 3. The fourth-order valence-corrected chi connectivity index (χ4v) is 7.16. The van der Waals surface area contributed by atoms with E-state index in [0.29, 0.717) is 11.7 Å². The molecule has 0 amide bonds. The fraction of sp³-hybridized carbons (Fsp3) is 0.0204. The molecule has 9 rings (SSSR count). The third-order valence-corrected chi connectivity index (χ3v) is 9.84. The molecule has 260 valence electrons. The second-order valence-corrected chi connectivity index (χ2v) is 13.1. The van der Waals surface area contributed by atoms with Crippen molar-refractivity contribution in [3.05, 3.63) is 199 Å². The molecule has 0 saturated carbocycles. The van der Waals surface area contributed by atoms with Crippen molar-refractivity contribution in [2.75, 3.05) is 7.05 Å². The Morgan fingerprint density at radius 1 is 0.527 bits per heavy atom. The average molecular weight is 707 g/mol. The molecule has 0 aliphatic carbocycles. The van der Waals surface area contributed by atoms with E-state index >= 15 is 0 Å². The van der Waals surface area contributed by atoms with Crippen LogP contribution in [0.4, 0.5) is 0 Å². The summed E-state index contributed by atoms with van der Waals surface area (Å²) in [5.41, 5.74) is 10.2. The van der Waals surface area contributed by atoms with Gasteiger partial charge < -0.3 is 0 Å². The number of fused-ring (bicyclic) bond motifs is 4. The third-order valence-electron chi connectivity index (χ3n) is 9.84. The summed E-state index contributed by atoms with van der Waals surface area (Å²) < 4.78 is 0. The number of hydrogen-bond acceptors (Lipinski definition) is 4. The second kappa shape index (κ2) is 14.9. The zero-order valence-corrected chi connectivity index (χ0v) is 30.1. The fourth-order valence-electron chi connectivity index (χ4n) is 7.16. The van der Waals surface area contributed by atoms with Crippen LogP contribution in [-0.4, -0.2) is 39.9 Å². The Bertz CT molecular complexity index is 2900. The second-order valence-electron chi connectivity index (χ2n) is 13.1. The maximum absolute atomic E-state index is 5.21. The van der Waals surface area contributed by atoms with E-state index in [9.17, 15) is 0 Å². The monoisotopic (exact) mass is 706 g/mol. The summed E-state index contributed by atoms with van der Waals surface area (Å²) in [5, 5.41) is 5.71. The van der Waals surface area contributed by atoms with Crippen molar-refractivity contribution in [1.29, 1.82) is 0 Å². The molecule has 0 atom stereocenters. The molecule has 6 heteroatoms. The predicted octanol–water partition coefficient (Wildman–Crippen LogP) is 11.3. The molecule has 0 bridgehead atoms. The average Bonchev–Trinajstić information content (AvgIpc) is 3.27. The van der Waals surface area contributed by atoms with Crippen LogP contribution in [0.1, 0.15) is 16.7 Å². The minimum Gasteiger partial charge on any atom is -0.270 e. The molecule has 0 aliphatic heterocycles. The van der Waals surface area contributed by atoms with Gasteiger partial charge in [-0.25, -0.2) is 15.0 Å². The largest absolute Gasteiger partial charge is 0.270 e. The first-order chi connectivity index (χ1) is 27.2. The first-order valence-electron chi connectivity index (χ1n) is 18.1. The molecule has 0 fully saturated rings. The first-order valence-corrected chi connectivity index (χ1v) is 18.1. The topological polar surface area (TPSA) is 75.8 Å². The van der Waals surface area contributed by atoms with E-state index in [-0.39, 0.29) is 0 Å². The van der Waals surface area contributed by atoms with E-state index in [1.165, 1.54) is 27.3 Å². The smallest absolute Gasteiger partial charge is 0.162 e. The van der Waals surface area contributed by atoms with Gasteiger partial charge in [0.25, 0.3) is 0 Å². The van der Waals surface area contributed by atoms with Crippen molar-refractivity contribution < 1.29 is 0 Å². The Kier molecular flexibility index (Phi) is 9.04. The standard InChI is InChI=1S/C49H34N6/c1-50-48(38-25-29-52-30-26-38)55-49(53-32-33-23-27-51-28-24-33)43-21-20-39(41-13-7-8-14-42(41)43)36-15-17-37(18-16-36)46-31-44(34-9-3-2-4-10-34)47-40-12-6-5-11-35(40)19-22-45(47)54-46/h2-32H,1H3. The molecule has 3 aromatic heterocycles. The van der Waals surface area contributed by atoms with Crippen molar-refractivity contribution in [2.24, 2.45) is 15.0 Å². The van der Waals surface area contributed by atoms with Gasteiger partial charge in [-0.15, -0.1) is 0 Å². The SMILES string of the molecule is CN=C(N=C(N=Cc1ccncc1)c1ccc(-c2ccc(-c3cc(-c4ccccc4)c4c(ccc5ccccc54)n3)cc2)c2ccccc12)c1ccncc1. The van der Waals surface area contributed by atoms with Crippen molar-refractivity contribution >= 4 is 50.3 Å². The Hall–Kier alpha value is -7.44. The molecule has 0 aliphatic rings. The summed E-state index contributed by atoms with van der Waals surface area (Å²) in [6.07, 6.45) is 8.80. The number of amidine groups is 2. The summed E-state index contributed by atoms with van der Waals surface area (Å²) in [6, 6.07) is 54.7. The highest BCUT2D eigenvalue weighted by molar-refractivity contribution is 6.20. The normalized spacial score (nSPS) is 12.2. The van der Waals surface area contributed by atoms with Gasteiger partial charge in [-0.1, -0.05) is 115 Å². The minimum absolute atomic E-state index is 0.552. The van der Waals surface area contributed by atoms with E-state index in [4.69, 9.17) is 15.0 Å². The molecular weight excluding hydrogens is 673 g/mol. The molecule has 3 heterocycles. The third kappa shape index (κ3) is 6.69. The number of nitrogens with zero attached hydrogens (tertiary/aromatic N) is 6. The Morgan fingerprint density at radius 2 is 1.18 bits per heavy atom. The van der Waals surface area contributed by atoms with Gasteiger partial charge in [-0.05, 0) is 91.8 Å². The van der Waals surface area contributed by atoms with E-state index in [2.05, 4.69) is 148 Å². The maximum atomic E-state index is 5.21. The van der Waals surface area contributed by atoms with Crippen LogP contribution in [-0.2, 0) is 0 Å². The zero-order chi connectivity index (χ0) is 37.0. The number of hydrogen-bond donors (Lipinski definition) is 0. The van der Waals surface area contributed by atoms with Gasteiger partial charge in [0, 0.05) is 60.1 Å². The Morgan fingerprint density at radius 3 is 1.95 bits per heavy atom. The van der Waals surface area contributed by atoms with Gasteiger partial charge >= 0.3 is 0 Å². The number of aromatic nitrogens is 3. The van der Waals surface area contributed by atoms with Crippen molar-refractivity contribution in [3.63, 3.8) is 0 Å². The van der Waals surface area contributed by atoms with Gasteiger partial charge in [-0.3, -0.25) is 15.0 Å². The molecule has 0 unspecified atom stereocenters. The molecule has 0 saturated heterocycles. The van der Waals surface area contributed by atoms with Crippen molar-refractivity contribution in [3.8, 4) is 33.5 Å². The Balaban J connectivity index is 1.13. The molecular formula is C49H34N6. The van der Waals surface area contributed by atoms with Crippen LogP contribution in [0.15, 0.2) is 197 Å². The maximum Gasteiger partial charge on any atom is 0.162 e. The van der Waals surface area contributed by atoms with Crippen LogP contribution in [0.2, 0.25) is 0 Å². The van der Waals surface area contributed by atoms with Gasteiger partial charge in [0.1, 0.15) is 0 Å². The van der Waals surface area contributed by atoms with E-state index in [1.54, 1.807) is 31.8 Å². The van der Waals surface area contributed by atoms with Crippen molar-refractivity contribution in [2.45, 2.75) is 0 Å². The quantitative estimate of drug-likeness (QED) is 0.0981. The van der Waals surface area contributed by atoms with Gasteiger partial charge in [0.2, 0.25) is 0 Å². The predicted molar refractivity (Wildman–Crippen MR) is 228 cm³/mol. The van der Waals surface area contributed by atoms with Gasteiger partial charge in [0.15, 0.2) is 11.7 Å². The first kappa shape index (κ1) is 33.4. The number of rotatable bonds is 6. The summed E-state index contributed by atoms with van der Waals surface area (Å²) in [7, 11) is 1.74. The number of benzene rings is 6. The minimum atomic E-state index is 0.552. The van der Waals surface area contributed by atoms with Crippen molar-refractivity contribution in [1.82, 2.24) is 15.0 Å². The molecule has 6 nitrogen and oxygen atoms in total. The van der Waals surface area contributed by atoms with Crippen LogP contribution < -0.4 is 0 Å². The Labute approximate surface area is 319 Å². The molecule has 9 aromatic rings. The lowest BCUT2D eigenvalue weighted by atomic mass is 9.92. The van der Waals surface area contributed by atoms with Crippen LogP contribution in [0.25, 0.3) is 66.0 Å². The molecule has 0 radical (unpaired) electrons. The molecule has 55 heavy (non-hydrogen) atoms. The lowest BCUT2D eigenvalue weighted by Gasteiger charge is -2.14. The lowest BCUT2D eigenvalue weighted by Crippen LogP contribution is -2.07. The number of aliphatic imine (C=N–C) groups is 3. The summed E-state index contributed by atoms with van der Waals surface area (Å²) in [4.78, 5) is 28.0. The zero-order valence-electron chi connectivity index (χ0n) is 30.1. The van der Waals surface area contributed by atoms with Crippen LogP contribution in [0, 0.1) is 0 Å². The van der Waals surface area contributed by atoms with Gasteiger partial charge in [-0.2, -0.15) is 0 Å². The van der Waals surface area contributed by atoms with E-state index in [1.807, 2.05) is 30.5 Å². The lowest BCUT2D eigenvalue weighted by molar-refractivity contribution is 1.30. The van der Waals surface area contributed by atoms with E-state index < -0.39 is 0 Å². The summed E-state index contributed by atoms with van der Waals surface area (Å²) in [6.45, 7) is 0. The van der Waals surface area contributed by atoms with Gasteiger partial charge in [0.05, 0.1) is 11.2 Å². The summed E-state index contributed by atoms with van der Waals surface area (Å²) >= 11 is 0. The molecule has 0 spiro atoms. The van der Waals surface area contributed by atoms with Crippen LogP contribution in [0.3, 0.4) is 0 Å². The summed E-state index contributed by atoms with van der Waals surface area (Å²) in [5.74, 6) is 1.12. The highest BCUT2D eigenvalue weighted by Crippen LogP contribution is 2.38. The molecule has 0 N–H and O–H groups in total.